The van der Waals surface area contributed by atoms with Crippen molar-refractivity contribution < 1.29 is 0 Å². The van der Waals surface area contributed by atoms with Crippen molar-refractivity contribution >= 4 is 28.6 Å². The molecule has 0 fully saturated rings. The van der Waals surface area contributed by atoms with Crippen LogP contribution in [0.3, 0.4) is 0 Å². The van der Waals surface area contributed by atoms with Crippen LogP contribution in [0.15, 0.2) is 0 Å². The van der Waals surface area contributed by atoms with E-state index in [2.05, 4.69) is 18.3 Å². The van der Waals surface area contributed by atoms with E-state index >= 15 is 0 Å². The fraction of sp³-hybridized carbons (Fsp3) is 1.00. The average molecular weight is 169 g/mol. The molecular formula is C4H12NPS2. The molecule has 0 saturated heterocycles. The van der Waals surface area contributed by atoms with Gasteiger partial charge in [-0.15, -0.1) is 11.4 Å². The second kappa shape index (κ2) is 3.89. The van der Waals surface area contributed by atoms with E-state index in [9.17, 15) is 0 Å². The zero-order valence-electron chi connectivity index (χ0n) is 5.47. The minimum Gasteiger partial charge on any atom is -0.284 e. The molecule has 0 aliphatic carbocycles. The van der Waals surface area contributed by atoms with Gasteiger partial charge in [0.15, 0.2) is 0 Å². The van der Waals surface area contributed by atoms with Crippen molar-refractivity contribution in [2.75, 3.05) is 19.5 Å². The number of hydrogen-bond donors (Lipinski definition) is 1. The molecule has 0 aromatic carbocycles. The first-order valence-electron chi connectivity index (χ1n) is 2.52. The predicted molar refractivity (Wildman–Crippen MR) is 47.4 cm³/mol. The molecule has 8 heavy (non-hydrogen) atoms. The highest BCUT2D eigenvalue weighted by molar-refractivity contribution is 8.70. The highest BCUT2D eigenvalue weighted by atomic mass is 32.9. The molecule has 0 aromatic rings. The minimum absolute atomic E-state index is 1.10. The Labute approximate surface area is 60.4 Å². The van der Waals surface area contributed by atoms with Gasteiger partial charge in [0, 0.05) is 0 Å². The molecule has 1 nitrogen and oxygen atoms in total. The topological polar surface area (TPSA) is 12.0 Å². The molecule has 1 atom stereocenters. The van der Waals surface area contributed by atoms with E-state index in [1.54, 1.807) is 11.4 Å². The Morgan fingerprint density at radius 3 is 2.25 bits per heavy atom. The van der Waals surface area contributed by atoms with Crippen LogP contribution < -0.4 is 5.09 Å². The van der Waals surface area contributed by atoms with Gasteiger partial charge in [0.1, 0.15) is 0 Å². The van der Waals surface area contributed by atoms with Crippen molar-refractivity contribution in [3.63, 3.8) is 0 Å². The van der Waals surface area contributed by atoms with Crippen LogP contribution in [0.4, 0.5) is 0 Å². The molecule has 0 aromatic heterocycles. The van der Waals surface area contributed by atoms with Crippen molar-refractivity contribution in [3.8, 4) is 0 Å². The quantitative estimate of drug-likeness (QED) is 0.648. The summed E-state index contributed by atoms with van der Waals surface area (Å²) in [5.41, 5.74) is 0. The maximum absolute atomic E-state index is 5.27. The molecule has 0 radical (unpaired) electrons. The highest BCUT2D eigenvalue weighted by Crippen LogP contribution is 2.52. The molecule has 1 unspecified atom stereocenters. The number of rotatable bonds is 3. The van der Waals surface area contributed by atoms with E-state index in [0.29, 0.717) is 0 Å². The second-order valence-electron chi connectivity index (χ2n) is 1.40. The first-order valence-corrected chi connectivity index (χ1v) is 7.34. The first-order chi connectivity index (χ1) is 3.68. The Balaban J connectivity index is 3.79. The molecule has 0 heterocycles. The monoisotopic (exact) mass is 169 g/mol. The summed E-state index contributed by atoms with van der Waals surface area (Å²) in [5, 5.41) is 2.00. The van der Waals surface area contributed by atoms with E-state index in [-0.39, 0.29) is 0 Å². The smallest absolute Gasteiger partial charge is 0.0636 e. The zero-order valence-corrected chi connectivity index (χ0v) is 8.00. The van der Waals surface area contributed by atoms with Gasteiger partial charge in [-0.2, -0.15) is 0 Å². The predicted octanol–water partition coefficient (Wildman–Crippen LogP) is 1.90. The summed E-state index contributed by atoms with van der Waals surface area (Å²) in [5.74, 6) is 0. The molecule has 0 aliphatic rings. The average Bonchev–Trinajstić information content (AvgIpc) is 1.87. The number of nitrogens with one attached hydrogen (secondary N) is 1. The van der Waals surface area contributed by atoms with Gasteiger partial charge in [-0.1, -0.05) is 18.7 Å². The van der Waals surface area contributed by atoms with E-state index < -0.39 is 5.39 Å². The molecule has 0 amide bonds. The molecule has 50 valence electrons. The Bertz CT molecular complexity index is 85.2. The van der Waals surface area contributed by atoms with Gasteiger partial charge in [0.2, 0.25) is 0 Å². The van der Waals surface area contributed by atoms with Gasteiger partial charge >= 0.3 is 0 Å². The van der Waals surface area contributed by atoms with Crippen LogP contribution in [0.25, 0.3) is 0 Å². The van der Waals surface area contributed by atoms with Crippen LogP contribution in [0.2, 0.25) is 0 Å². The maximum atomic E-state index is 5.27. The standard InChI is InChI=1S/C4H12NPS2/c1-4-6(7,5-2)8-3/h4H2,1-3H3,(H,5,7). The van der Waals surface area contributed by atoms with Gasteiger partial charge in [-0.05, 0) is 19.5 Å². The largest absolute Gasteiger partial charge is 0.284 e. The molecule has 0 bridgehead atoms. The number of hydrogen-bond acceptors (Lipinski definition) is 2. The molecule has 0 saturated carbocycles. The van der Waals surface area contributed by atoms with Gasteiger partial charge in [-0.3, -0.25) is 5.09 Å². The normalized spacial score (nSPS) is 17.9. The second-order valence-corrected chi connectivity index (χ2v) is 9.72. The van der Waals surface area contributed by atoms with Gasteiger partial charge in [0.25, 0.3) is 0 Å². The van der Waals surface area contributed by atoms with Crippen LogP contribution in [-0.4, -0.2) is 19.5 Å². The Morgan fingerprint density at radius 2 is 2.25 bits per heavy atom. The summed E-state index contributed by atoms with van der Waals surface area (Å²) in [6.45, 7) is 2.13. The fourth-order valence-corrected chi connectivity index (χ4v) is 2.46. The minimum atomic E-state index is -1.16. The van der Waals surface area contributed by atoms with E-state index in [0.717, 1.165) is 6.16 Å². The van der Waals surface area contributed by atoms with E-state index in [1.165, 1.54) is 0 Å². The van der Waals surface area contributed by atoms with Gasteiger partial charge in [0.05, 0.1) is 5.39 Å². The van der Waals surface area contributed by atoms with Crippen LogP contribution in [0.1, 0.15) is 6.92 Å². The summed E-state index contributed by atoms with van der Waals surface area (Å²) in [7, 11) is 1.95. The summed E-state index contributed by atoms with van der Waals surface area (Å²) in [4.78, 5) is 0. The van der Waals surface area contributed by atoms with Crippen LogP contribution >= 0.6 is 16.8 Å². The highest BCUT2D eigenvalue weighted by Gasteiger charge is 2.06. The molecule has 1 N–H and O–H groups in total. The third-order valence-corrected chi connectivity index (χ3v) is 8.91. The lowest BCUT2D eigenvalue weighted by Gasteiger charge is -2.14. The van der Waals surface area contributed by atoms with Crippen molar-refractivity contribution in [2.45, 2.75) is 6.92 Å². The summed E-state index contributed by atoms with van der Waals surface area (Å²) < 4.78 is 0. The molecule has 0 aliphatic heterocycles. The van der Waals surface area contributed by atoms with Crippen molar-refractivity contribution in [1.82, 2.24) is 5.09 Å². The van der Waals surface area contributed by atoms with Gasteiger partial charge < -0.3 is 0 Å². The molecular weight excluding hydrogens is 157 g/mol. The maximum Gasteiger partial charge on any atom is 0.0636 e. The zero-order chi connectivity index (χ0) is 6.62. The summed E-state index contributed by atoms with van der Waals surface area (Å²) >= 11 is 7.06. The SMILES string of the molecule is CCP(=S)(NC)SC. The van der Waals surface area contributed by atoms with E-state index in [4.69, 9.17) is 11.8 Å². The summed E-state index contributed by atoms with van der Waals surface area (Å²) in [6, 6.07) is 0. The Morgan fingerprint density at radius 1 is 1.75 bits per heavy atom. The lowest BCUT2D eigenvalue weighted by atomic mass is 11.0. The lowest BCUT2D eigenvalue weighted by molar-refractivity contribution is 1.25. The van der Waals surface area contributed by atoms with Crippen molar-refractivity contribution in [1.29, 1.82) is 0 Å². The Kier molecular flexibility index (Phi) is 4.35. The van der Waals surface area contributed by atoms with E-state index in [1.807, 2.05) is 7.05 Å². The van der Waals surface area contributed by atoms with Crippen LogP contribution in [0, 0.1) is 0 Å². The Hall–Kier alpha value is 0.960. The third kappa shape index (κ3) is 2.49. The third-order valence-electron chi connectivity index (χ3n) is 1.05. The van der Waals surface area contributed by atoms with Crippen molar-refractivity contribution in [3.05, 3.63) is 0 Å². The molecule has 0 rings (SSSR count). The van der Waals surface area contributed by atoms with Crippen LogP contribution in [-0.2, 0) is 11.8 Å². The lowest BCUT2D eigenvalue weighted by Crippen LogP contribution is -2.00. The fourth-order valence-electron chi connectivity index (χ4n) is 0.379. The molecule has 0 spiro atoms. The first kappa shape index (κ1) is 8.96. The van der Waals surface area contributed by atoms with Crippen LogP contribution in [0.5, 0.6) is 0 Å². The molecule has 4 heteroatoms. The summed E-state index contributed by atoms with van der Waals surface area (Å²) in [6.07, 6.45) is 3.17. The van der Waals surface area contributed by atoms with Crippen molar-refractivity contribution in [2.24, 2.45) is 0 Å². The van der Waals surface area contributed by atoms with Gasteiger partial charge in [-0.25, -0.2) is 0 Å².